The van der Waals surface area contributed by atoms with Crippen LogP contribution in [0.5, 0.6) is 17.2 Å². The highest BCUT2D eigenvalue weighted by Crippen LogP contribution is 2.40. The standard InChI is InChI=1S/C51H67N3O8S/c1-4-12-38-15-19-40(20-16-38)46-28-27-45(35-42(46)36-52-54(29-32-58-34-33-57-3)51-53-47-13-8-9-14-48(47)63-51)61-37-39-17-21-41(22-18-39)50(56)62-44-25-23-43(24-26-44)59-30-10-6-7-11-31-60-49(55)5-2/h5,8-9,13-14,23-28,35-36,38-41H,2,4,6-7,10-12,15-22,29-34,37H2,1,3H3/b52-36+. The van der Waals surface area contributed by atoms with Crippen molar-refractivity contribution in [3.05, 3.63) is 90.5 Å². The van der Waals surface area contributed by atoms with Crippen molar-refractivity contribution in [1.29, 1.82) is 0 Å². The second-order valence-electron chi connectivity index (χ2n) is 16.8. The minimum Gasteiger partial charge on any atom is -0.494 e. The Morgan fingerprint density at radius 1 is 0.810 bits per heavy atom. The van der Waals surface area contributed by atoms with E-state index in [2.05, 4.69) is 37.8 Å². The largest absolute Gasteiger partial charge is 0.494 e. The lowest BCUT2D eigenvalue weighted by Gasteiger charge is -2.30. The molecule has 2 aliphatic carbocycles. The van der Waals surface area contributed by atoms with Crippen molar-refractivity contribution in [3.8, 4) is 17.2 Å². The molecular formula is C51H67N3O8S. The third-order valence-corrected chi connectivity index (χ3v) is 13.2. The van der Waals surface area contributed by atoms with Gasteiger partial charge in [0.2, 0.25) is 5.13 Å². The smallest absolute Gasteiger partial charge is 0.330 e. The summed E-state index contributed by atoms with van der Waals surface area (Å²) in [4.78, 5) is 29.2. The zero-order chi connectivity index (χ0) is 44.1. The van der Waals surface area contributed by atoms with Crippen LogP contribution in [0.1, 0.15) is 114 Å². The summed E-state index contributed by atoms with van der Waals surface area (Å²) in [6.45, 7) is 9.43. The first kappa shape index (κ1) is 47.7. The van der Waals surface area contributed by atoms with Crippen molar-refractivity contribution in [3.63, 3.8) is 0 Å². The van der Waals surface area contributed by atoms with E-state index in [0.717, 1.165) is 89.7 Å². The van der Waals surface area contributed by atoms with E-state index in [4.69, 9.17) is 38.5 Å². The van der Waals surface area contributed by atoms with E-state index in [0.29, 0.717) is 63.8 Å². The Morgan fingerprint density at radius 2 is 1.54 bits per heavy atom. The molecule has 11 nitrogen and oxygen atoms in total. The number of hydrogen-bond acceptors (Lipinski definition) is 12. The second kappa shape index (κ2) is 26.1. The molecule has 1 heterocycles. The van der Waals surface area contributed by atoms with Gasteiger partial charge in [0.15, 0.2) is 0 Å². The lowest BCUT2D eigenvalue weighted by Crippen LogP contribution is -2.27. The predicted octanol–water partition coefficient (Wildman–Crippen LogP) is 11.3. The zero-order valence-electron chi connectivity index (χ0n) is 37.4. The molecule has 0 atom stereocenters. The van der Waals surface area contributed by atoms with Gasteiger partial charge in [-0.3, -0.25) is 4.79 Å². The molecular weight excluding hydrogens is 815 g/mol. The van der Waals surface area contributed by atoms with Gasteiger partial charge in [-0.15, -0.1) is 0 Å². The van der Waals surface area contributed by atoms with Gasteiger partial charge in [-0.1, -0.05) is 55.9 Å². The number of anilines is 1. The summed E-state index contributed by atoms with van der Waals surface area (Å²) in [6.07, 6.45) is 17.7. The minimum atomic E-state index is -0.382. The van der Waals surface area contributed by atoms with E-state index in [1.54, 1.807) is 30.6 Å². The first-order valence-electron chi connectivity index (χ1n) is 23.2. The molecule has 6 rings (SSSR count). The van der Waals surface area contributed by atoms with Crippen molar-refractivity contribution >= 4 is 44.8 Å². The van der Waals surface area contributed by atoms with Crippen LogP contribution >= 0.6 is 11.3 Å². The fourth-order valence-corrected chi connectivity index (χ4v) is 9.51. The lowest BCUT2D eigenvalue weighted by atomic mass is 9.76. The van der Waals surface area contributed by atoms with Crippen LogP contribution in [0.2, 0.25) is 0 Å². The Hall–Kier alpha value is -4.78. The van der Waals surface area contributed by atoms with Gasteiger partial charge >= 0.3 is 11.9 Å². The molecule has 0 unspecified atom stereocenters. The number of nitrogens with zero attached hydrogens (tertiary/aromatic N) is 3. The van der Waals surface area contributed by atoms with Gasteiger partial charge in [-0.25, -0.2) is 14.8 Å². The van der Waals surface area contributed by atoms with Crippen molar-refractivity contribution in [2.45, 2.75) is 103 Å². The number of unbranched alkanes of at least 4 members (excludes halogenated alkanes) is 3. The first-order valence-corrected chi connectivity index (χ1v) is 24.0. The van der Waals surface area contributed by atoms with Crippen molar-refractivity contribution in [2.75, 3.05) is 58.3 Å². The lowest BCUT2D eigenvalue weighted by molar-refractivity contribution is -0.140. The Kier molecular flexibility index (Phi) is 19.8. The number of para-hydroxylation sites is 1. The van der Waals surface area contributed by atoms with Gasteiger partial charge < -0.3 is 28.4 Å². The number of esters is 2. The summed E-state index contributed by atoms with van der Waals surface area (Å²) in [5, 5.41) is 7.88. The van der Waals surface area contributed by atoms with Gasteiger partial charge in [-0.2, -0.15) is 5.10 Å². The molecule has 12 heteroatoms. The summed E-state index contributed by atoms with van der Waals surface area (Å²) in [6, 6.07) is 22.0. The molecule has 2 aliphatic rings. The Morgan fingerprint density at radius 3 is 2.29 bits per heavy atom. The number of benzene rings is 3. The molecule has 0 spiro atoms. The molecule has 0 amide bonds. The van der Waals surface area contributed by atoms with E-state index in [1.807, 2.05) is 41.6 Å². The second-order valence-corrected chi connectivity index (χ2v) is 17.8. The highest BCUT2D eigenvalue weighted by atomic mass is 32.1. The van der Waals surface area contributed by atoms with Crippen LogP contribution in [0, 0.1) is 17.8 Å². The monoisotopic (exact) mass is 881 g/mol. The van der Waals surface area contributed by atoms with Crippen molar-refractivity contribution < 1.29 is 38.0 Å². The maximum atomic E-state index is 13.2. The molecule has 340 valence electrons. The number of hydrogen-bond donors (Lipinski definition) is 0. The quantitative estimate of drug-likeness (QED) is 0.0151. The topological polar surface area (TPSA) is 118 Å². The van der Waals surface area contributed by atoms with Crippen molar-refractivity contribution in [2.24, 2.45) is 22.9 Å². The van der Waals surface area contributed by atoms with E-state index < -0.39 is 0 Å². The molecule has 2 saturated carbocycles. The molecule has 2 fully saturated rings. The number of methoxy groups -OCH3 is 1. The van der Waals surface area contributed by atoms with Crippen LogP contribution in [0.4, 0.5) is 5.13 Å². The third kappa shape index (κ3) is 15.5. The summed E-state index contributed by atoms with van der Waals surface area (Å²) < 4.78 is 35.3. The van der Waals surface area contributed by atoms with E-state index in [-0.39, 0.29) is 17.9 Å². The molecule has 0 radical (unpaired) electrons. The average Bonchev–Trinajstić information content (AvgIpc) is 3.75. The molecule has 1 aromatic heterocycles. The number of carbonyl (C=O) groups excluding carboxylic acids is 2. The van der Waals surface area contributed by atoms with Gasteiger partial charge in [0, 0.05) is 18.7 Å². The van der Waals surface area contributed by atoms with Crippen LogP contribution in [-0.2, 0) is 23.8 Å². The Balaban J connectivity index is 1.01. The highest BCUT2D eigenvalue weighted by Gasteiger charge is 2.29. The van der Waals surface area contributed by atoms with Crippen LogP contribution in [0.3, 0.4) is 0 Å². The number of thiazole rings is 1. The number of carbonyl (C=O) groups is 2. The highest BCUT2D eigenvalue weighted by molar-refractivity contribution is 7.22. The molecule has 0 N–H and O–H groups in total. The van der Waals surface area contributed by atoms with Crippen LogP contribution in [-0.4, -0.2) is 76.4 Å². The van der Waals surface area contributed by atoms with Crippen molar-refractivity contribution in [1.82, 2.24) is 4.98 Å². The summed E-state index contributed by atoms with van der Waals surface area (Å²) >= 11 is 1.63. The average molecular weight is 882 g/mol. The Bertz CT molecular complexity index is 1990. The molecule has 0 saturated heterocycles. The van der Waals surface area contributed by atoms with Gasteiger partial charge in [0.25, 0.3) is 0 Å². The van der Waals surface area contributed by atoms with Crippen LogP contribution in [0.15, 0.2) is 84.5 Å². The molecule has 0 aliphatic heterocycles. The fourth-order valence-electron chi connectivity index (χ4n) is 8.56. The summed E-state index contributed by atoms with van der Waals surface area (Å²) in [7, 11) is 1.68. The SMILES string of the molecule is C=CC(=O)OCCCCCCOc1ccc(OC(=O)C2CCC(COc3ccc(C4CCC(CCC)CC4)c(/C=N/N(CCOCCOC)c4nc5ccccc5s4)c3)CC2)cc1. The Labute approximate surface area is 378 Å². The molecule has 0 bridgehead atoms. The normalized spacial score (nSPS) is 18.9. The van der Waals surface area contributed by atoms with Gasteiger partial charge in [-0.05, 0) is 149 Å². The maximum absolute atomic E-state index is 13.2. The van der Waals surface area contributed by atoms with Crippen LogP contribution in [0.25, 0.3) is 10.2 Å². The molecule has 63 heavy (non-hydrogen) atoms. The first-order chi connectivity index (χ1) is 30.9. The minimum absolute atomic E-state index is 0.129. The maximum Gasteiger partial charge on any atom is 0.330 e. The van der Waals surface area contributed by atoms with E-state index >= 15 is 0 Å². The third-order valence-electron chi connectivity index (χ3n) is 12.2. The summed E-state index contributed by atoms with van der Waals surface area (Å²) in [5.74, 6) is 3.09. The molecule has 4 aromatic rings. The van der Waals surface area contributed by atoms with Gasteiger partial charge in [0.1, 0.15) is 17.2 Å². The van der Waals surface area contributed by atoms with Gasteiger partial charge in [0.05, 0.1) is 68.5 Å². The number of fused-ring (bicyclic) bond motifs is 1. The number of aromatic nitrogens is 1. The predicted molar refractivity (Wildman–Crippen MR) is 251 cm³/mol. The fraction of sp³-hybridized carbons (Fsp3) is 0.529. The number of rotatable bonds is 26. The number of ether oxygens (including phenoxy) is 6. The zero-order valence-corrected chi connectivity index (χ0v) is 38.2. The van der Waals surface area contributed by atoms with E-state index in [9.17, 15) is 9.59 Å². The number of hydrazone groups is 1. The summed E-state index contributed by atoms with van der Waals surface area (Å²) in [5.41, 5.74) is 3.38. The van der Waals surface area contributed by atoms with E-state index in [1.165, 1.54) is 50.2 Å². The van der Waals surface area contributed by atoms with Crippen LogP contribution < -0.4 is 19.2 Å². The molecule has 3 aromatic carbocycles.